The summed E-state index contributed by atoms with van der Waals surface area (Å²) in [7, 11) is 0. The number of aryl methyl sites for hydroxylation is 1. The SMILES string of the molecule is C[C@@H](I)C(=O)N[C@H](CCc1ccc(Cl)cc1)C(=O)OCc1ccccc1. The molecule has 4 nitrogen and oxygen atoms in total. The van der Waals surface area contributed by atoms with Crippen molar-refractivity contribution in [2.24, 2.45) is 0 Å². The van der Waals surface area contributed by atoms with Gasteiger partial charge in [-0.05, 0) is 43.0 Å². The average Bonchev–Trinajstić information content (AvgIpc) is 2.65. The van der Waals surface area contributed by atoms with Crippen molar-refractivity contribution in [2.75, 3.05) is 0 Å². The van der Waals surface area contributed by atoms with Crippen LogP contribution in [0.1, 0.15) is 24.5 Å². The molecule has 0 radical (unpaired) electrons. The van der Waals surface area contributed by atoms with Crippen molar-refractivity contribution in [1.29, 1.82) is 0 Å². The number of alkyl halides is 1. The van der Waals surface area contributed by atoms with Gasteiger partial charge in [0.25, 0.3) is 0 Å². The third-order valence-corrected chi connectivity index (χ3v) is 4.64. The molecule has 1 N–H and O–H groups in total. The van der Waals surface area contributed by atoms with Crippen LogP contribution >= 0.6 is 34.2 Å². The molecule has 0 aromatic heterocycles. The molecule has 0 saturated carbocycles. The molecule has 0 heterocycles. The van der Waals surface area contributed by atoms with E-state index in [1.807, 2.05) is 77.2 Å². The number of halogens is 2. The summed E-state index contributed by atoms with van der Waals surface area (Å²) in [5.74, 6) is -0.600. The lowest BCUT2D eigenvalue weighted by Crippen LogP contribution is -2.44. The molecular weight excluding hydrogens is 465 g/mol. The topological polar surface area (TPSA) is 55.4 Å². The molecule has 0 saturated heterocycles. The molecule has 6 heteroatoms. The smallest absolute Gasteiger partial charge is 0.328 e. The largest absolute Gasteiger partial charge is 0.459 e. The van der Waals surface area contributed by atoms with Crippen LogP contribution in [0.25, 0.3) is 0 Å². The number of nitrogens with one attached hydrogen (secondary N) is 1. The van der Waals surface area contributed by atoms with Gasteiger partial charge in [-0.2, -0.15) is 0 Å². The fraction of sp³-hybridized carbons (Fsp3) is 0.300. The highest BCUT2D eigenvalue weighted by Gasteiger charge is 2.23. The van der Waals surface area contributed by atoms with Crippen LogP contribution in [0.15, 0.2) is 54.6 Å². The van der Waals surface area contributed by atoms with Crippen molar-refractivity contribution in [1.82, 2.24) is 5.32 Å². The van der Waals surface area contributed by atoms with E-state index in [-0.39, 0.29) is 16.4 Å². The maximum Gasteiger partial charge on any atom is 0.328 e. The summed E-state index contributed by atoms with van der Waals surface area (Å²) in [6, 6.07) is 16.2. The number of benzene rings is 2. The van der Waals surface area contributed by atoms with Crippen molar-refractivity contribution in [3.8, 4) is 0 Å². The fourth-order valence-electron chi connectivity index (χ4n) is 2.33. The first-order valence-electron chi connectivity index (χ1n) is 8.35. The predicted molar refractivity (Wildman–Crippen MR) is 111 cm³/mol. The highest BCUT2D eigenvalue weighted by atomic mass is 127. The highest BCUT2D eigenvalue weighted by Crippen LogP contribution is 2.13. The van der Waals surface area contributed by atoms with E-state index in [0.29, 0.717) is 17.9 Å². The number of carbonyl (C=O) groups is 2. The molecule has 0 fully saturated rings. The van der Waals surface area contributed by atoms with E-state index < -0.39 is 12.0 Å². The first-order valence-corrected chi connectivity index (χ1v) is 9.97. The Balaban J connectivity index is 1.98. The van der Waals surface area contributed by atoms with Gasteiger partial charge in [0.15, 0.2) is 0 Å². The molecule has 0 bridgehead atoms. The normalized spacial score (nSPS) is 12.9. The quantitative estimate of drug-likeness (QED) is 0.344. The Labute approximate surface area is 172 Å². The van der Waals surface area contributed by atoms with Crippen LogP contribution in [0.3, 0.4) is 0 Å². The summed E-state index contributed by atoms with van der Waals surface area (Å²) in [5, 5.41) is 3.45. The van der Waals surface area contributed by atoms with Gasteiger partial charge in [-0.1, -0.05) is 76.7 Å². The van der Waals surface area contributed by atoms with E-state index in [0.717, 1.165) is 11.1 Å². The number of esters is 1. The maximum atomic E-state index is 12.5. The predicted octanol–water partition coefficient (Wildman–Crippen LogP) is 4.32. The lowest BCUT2D eigenvalue weighted by molar-refractivity contribution is -0.149. The van der Waals surface area contributed by atoms with Gasteiger partial charge in [0.1, 0.15) is 12.6 Å². The number of ether oxygens (including phenoxy) is 1. The van der Waals surface area contributed by atoms with Gasteiger partial charge in [0, 0.05) is 5.02 Å². The summed E-state index contributed by atoms with van der Waals surface area (Å²) < 4.78 is 5.17. The summed E-state index contributed by atoms with van der Waals surface area (Å²) in [5.41, 5.74) is 1.96. The van der Waals surface area contributed by atoms with Crippen LogP contribution in [0.4, 0.5) is 0 Å². The van der Waals surface area contributed by atoms with Crippen molar-refractivity contribution < 1.29 is 14.3 Å². The number of carbonyl (C=O) groups excluding carboxylic acids is 2. The van der Waals surface area contributed by atoms with Crippen LogP contribution in [0.2, 0.25) is 5.02 Å². The molecule has 1 amide bonds. The second kappa shape index (κ2) is 10.5. The molecule has 0 aliphatic heterocycles. The Bertz CT molecular complexity index is 720. The van der Waals surface area contributed by atoms with E-state index >= 15 is 0 Å². The standard InChI is InChI=1S/C20H21ClINO3/c1-14(22)19(24)23-18(12-9-15-7-10-17(21)11-8-15)20(25)26-13-16-5-3-2-4-6-16/h2-8,10-11,14,18H,9,12-13H2,1H3,(H,23,24)/t14-,18-/m1/s1. The van der Waals surface area contributed by atoms with E-state index in [9.17, 15) is 9.59 Å². The zero-order valence-electron chi connectivity index (χ0n) is 14.5. The van der Waals surface area contributed by atoms with Gasteiger partial charge in [-0.3, -0.25) is 4.79 Å². The van der Waals surface area contributed by atoms with Crippen LogP contribution < -0.4 is 5.32 Å². The maximum absolute atomic E-state index is 12.5. The summed E-state index contributed by atoms with van der Waals surface area (Å²) in [6.45, 7) is 1.97. The zero-order chi connectivity index (χ0) is 18.9. The molecule has 0 spiro atoms. The number of hydrogen-bond donors (Lipinski definition) is 1. The Morgan fingerprint density at radius 2 is 1.73 bits per heavy atom. The molecule has 2 atom stereocenters. The van der Waals surface area contributed by atoms with Crippen LogP contribution in [-0.4, -0.2) is 21.8 Å². The third-order valence-electron chi connectivity index (χ3n) is 3.82. The lowest BCUT2D eigenvalue weighted by atomic mass is 10.0. The van der Waals surface area contributed by atoms with Crippen LogP contribution in [0, 0.1) is 0 Å². The Kier molecular flexibility index (Phi) is 8.38. The molecule has 26 heavy (non-hydrogen) atoms. The van der Waals surface area contributed by atoms with Crippen molar-refractivity contribution >= 4 is 46.1 Å². The van der Waals surface area contributed by atoms with Gasteiger partial charge in [0.05, 0.1) is 3.92 Å². The molecule has 0 aliphatic rings. The minimum absolute atomic E-state index is 0.177. The van der Waals surface area contributed by atoms with Gasteiger partial charge >= 0.3 is 5.97 Å². The summed E-state index contributed by atoms with van der Waals surface area (Å²) in [6.07, 6.45) is 1.10. The molecule has 2 rings (SSSR count). The zero-order valence-corrected chi connectivity index (χ0v) is 17.4. The third kappa shape index (κ3) is 6.96. The van der Waals surface area contributed by atoms with Crippen molar-refractivity contribution in [2.45, 2.75) is 36.3 Å². The Morgan fingerprint density at radius 3 is 2.35 bits per heavy atom. The number of amides is 1. The highest BCUT2D eigenvalue weighted by molar-refractivity contribution is 14.1. The molecular formula is C20H21ClINO3. The molecule has 2 aromatic rings. The number of hydrogen-bond acceptors (Lipinski definition) is 3. The van der Waals surface area contributed by atoms with Gasteiger partial charge in [-0.25, -0.2) is 4.79 Å². The second-order valence-corrected chi connectivity index (χ2v) is 8.24. The Hall–Kier alpha value is -1.60. The Morgan fingerprint density at radius 1 is 1.08 bits per heavy atom. The summed E-state index contributed by atoms with van der Waals surface area (Å²) in [4.78, 5) is 24.5. The van der Waals surface area contributed by atoms with Gasteiger partial charge < -0.3 is 10.1 Å². The number of rotatable bonds is 8. The van der Waals surface area contributed by atoms with E-state index in [2.05, 4.69) is 5.32 Å². The summed E-state index contributed by atoms with van der Waals surface area (Å²) >= 11 is 7.92. The first kappa shape index (κ1) is 20.7. The van der Waals surface area contributed by atoms with Gasteiger partial charge in [-0.15, -0.1) is 0 Å². The van der Waals surface area contributed by atoms with E-state index in [1.54, 1.807) is 6.92 Å². The van der Waals surface area contributed by atoms with Crippen LogP contribution in [0.5, 0.6) is 0 Å². The van der Waals surface area contributed by atoms with Crippen molar-refractivity contribution in [3.63, 3.8) is 0 Å². The minimum Gasteiger partial charge on any atom is -0.459 e. The first-order chi connectivity index (χ1) is 12.5. The van der Waals surface area contributed by atoms with Crippen molar-refractivity contribution in [3.05, 3.63) is 70.7 Å². The molecule has 0 aliphatic carbocycles. The van der Waals surface area contributed by atoms with E-state index in [4.69, 9.17) is 16.3 Å². The van der Waals surface area contributed by atoms with Crippen LogP contribution in [-0.2, 0) is 27.4 Å². The molecule has 0 unspecified atom stereocenters. The minimum atomic E-state index is -0.681. The fourth-order valence-corrected chi connectivity index (χ4v) is 2.63. The second-order valence-electron chi connectivity index (χ2n) is 5.94. The molecule has 138 valence electrons. The van der Waals surface area contributed by atoms with Gasteiger partial charge in [0.2, 0.25) is 5.91 Å². The monoisotopic (exact) mass is 485 g/mol. The average molecular weight is 486 g/mol. The van der Waals surface area contributed by atoms with E-state index in [1.165, 1.54) is 0 Å². The molecule has 2 aromatic carbocycles. The lowest BCUT2D eigenvalue weighted by Gasteiger charge is -2.18.